The Balaban J connectivity index is 0.888. The van der Waals surface area contributed by atoms with E-state index in [0.717, 1.165) is 45.9 Å². The fourth-order valence-corrected chi connectivity index (χ4v) is 12.0. The first-order chi connectivity index (χ1) is 28.3. The Hall–Kier alpha value is -6.17. The summed E-state index contributed by atoms with van der Waals surface area (Å²) in [5.74, 6) is 2.90. The van der Waals surface area contributed by atoms with Crippen molar-refractivity contribution in [1.82, 2.24) is 0 Å². The molecule has 2 heteroatoms. The first-order valence-corrected chi connectivity index (χ1v) is 21.3. The fraction of sp³-hybridized carbons (Fsp3) is 0.232. The zero-order valence-corrected chi connectivity index (χ0v) is 33.5. The zero-order valence-electron chi connectivity index (χ0n) is 33.5. The van der Waals surface area contributed by atoms with Crippen LogP contribution in [0.4, 0.5) is 17.1 Å². The number of anilines is 3. The second-order valence-corrected chi connectivity index (χ2v) is 18.4. The van der Waals surface area contributed by atoms with Crippen LogP contribution in [0.1, 0.15) is 74.6 Å². The van der Waals surface area contributed by atoms with Gasteiger partial charge in [0.05, 0.1) is 11.6 Å². The fourth-order valence-electron chi connectivity index (χ4n) is 12.0. The predicted octanol–water partition coefficient (Wildman–Crippen LogP) is 14.8. The summed E-state index contributed by atoms with van der Waals surface area (Å²) in [6.45, 7) is 4.69. The van der Waals surface area contributed by atoms with E-state index in [1.54, 1.807) is 5.56 Å². The van der Waals surface area contributed by atoms with Crippen molar-refractivity contribution in [1.29, 1.82) is 5.26 Å². The van der Waals surface area contributed by atoms with Gasteiger partial charge < -0.3 is 4.90 Å². The second kappa shape index (κ2) is 13.5. The number of benzene rings is 7. The molecule has 0 radical (unpaired) electrons. The minimum Gasteiger partial charge on any atom is -0.310 e. The van der Waals surface area contributed by atoms with Crippen LogP contribution in [0.2, 0.25) is 0 Å². The van der Waals surface area contributed by atoms with Crippen LogP contribution in [0.15, 0.2) is 164 Å². The maximum Gasteiger partial charge on any atom is 0.0991 e. The maximum absolute atomic E-state index is 9.30. The summed E-state index contributed by atoms with van der Waals surface area (Å²) >= 11 is 0. The molecule has 0 spiro atoms. The van der Waals surface area contributed by atoms with Gasteiger partial charge in [-0.3, -0.25) is 0 Å². The van der Waals surface area contributed by atoms with Crippen LogP contribution in [0.3, 0.4) is 0 Å². The Morgan fingerprint density at radius 3 is 1.38 bits per heavy atom. The molecule has 4 bridgehead atoms. The van der Waals surface area contributed by atoms with E-state index < -0.39 is 0 Å². The zero-order chi connectivity index (χ0) is 39.0. The summed E-state index contributed by atoms with van der Waals surface area (Å²) in [5, 5.41) is 9.30. The summed E-state index contributed by atoms with van der Waals surface area (Å²) < 4.78 is 0. The summed E-state index contributed by atoms with van der Waals surface area (Å²) in [6.07, 6.45) is 8.71. The highest BCUT2D eigenvalue weighted by Crippen LogP contribution is 2.61. The molecule has 5 aliphatic carbocycles. The van der Waals surface area contributed by atoms with Gasteiger partial charge in [-0.05, 0) is 171 Å². The van der Waals surface area contributed by atoms with E-state index in [0.29, 0.717) is 11.0 Å². The molecule has 4 saturated carbocycles. The number of hydrogen-bond acceptors (Lipinski definition) is 2. The highest BCUT2D eigenvalue weighted by molar-refractivity contribution is 5.86. The Morgan fingerprint density at radius 1 is 0.466 bits per heavy atom. The third kappa shape index (κ3) is 5.82. The van der Waals surface area contributed by atoms with Crippen molar-refractivity contribution in [2.24, 2.45) is 17.8 Å². The lowest BCUT2D eigenvalue weighted by molar-refractivity contribution is -0.00518. The van der Waals surface area contributed by atoms with Crippen molar-refractivity contribution in [3.05, 3.63) is 186 Å². The Kier molecular flexibility index (Phi) is 8.13. The highest BCUT2D eigenvalue weighted by atomic mass is 15.1. The monoisotopic (exact) mass is 748 g/mol. The molecule has 7 aromatic rings. The van der Waals surface area contributed by atoms with E-state index in [2.05, 4.69) is 164 Å². The molecular weight excluding hydrogens is 701 g/mol. The topological polar surface area (TPSA) is 27.0 Å². The molecule has 0 saturated heterocycles. The predicted molar refractivity (Wildman–Crippen MR) is 240 cm³/mol. The number of rotatable bonds is 7. The lowest BCUT2D eigenvalue weighted by atomic mass is 9.48. The Morgan fingerprint density at radius 2 is 0.879 bits per heavy atom. The minimum absolute atomic E-state index is 0.0977. The molecule has 0 aliphatic heterocycles. The van der Waals surface area contributed by atoms with Crippen LogP contribution in [0, 0.1) is 29.1 Å². The van der Waals surface area contributed by atoms with E-state index in [1.807, 2.05) is 24.3 Å². The van der Waals surface area contributed by atoms with Gasteiger partial charge in [-0.25, -0.2) is 0 Å². The summed E-state index contributed by atoms with van der Waals surface area (Å²) in [5.41, 5.74) is 18.5. The molecular formula is C56H48N2. The normalized spacial score (nSPS) is 21.9. The van der Waals surface area contributed by atoms with Crippen LogP contribution in [-0.4, -0.2) is 0 Å². The van der Waals surface area contributed by atoms with Crippen LogP contribution in [0.5, 0.6) is 0 Å². The van der Waals surface area contributed by atoms with Gasteiger partial charge in [0.1, 0.15) is 0 Å². The van der Waals surface area contributed by atoms with Crippen molar-refractivity contribution in [3.63, 3.8) is 0 Å². The van der Waals surface area contributed by atoms with Crippen molar-refractivity contribution in [3.8, 4) is 50.6 Å². The molecule has 282 valence electrons. The smallest absolute Gasteiger partial charge is 0.0991 e. The molecule has 0 N–H and O–H groups in total. The lowest BCUT2D eigenvalue weighted by Gasteiger charge is -2.57. The summed E-state index contributed by atoms with van der Waals surface area (Å²) in [6, 6.07) is 62.5. The molecule has 4 fully saturated rings. The number of fused-ring (bicyclic) bond motifs is 3. The van der Waals surface area contributed by atoms with Gasteiger partial charge in [-0.15, -0.1) is 0 Å². The van der Waals surface area contributed by atoms with Crippen molar-refractivity contribution < 1.29 is 0 Å². The maximum atomic E-state index is 9.30. The van der Waals surface area contributed by atoms with Gasteiger partial charge >= 0.3 is 0 Å². The van der Waals surface area contributed by atoms with E-state index in [1.165, 1.54) is 83.0 Å². The number of hydrogen-bond donors (Lipinski definition) is 0. The molecule has 0 heterocycles. The quantitative estimate of drug-likeness (QED) is 0.162. The molecule has 0 atom stereocenters. The average molecular weight is 749 g/mol. The molecule has 5 aliphatic rings. The SMILES string of the molecule is CC1(C)c2ccccc2-c2ccc(N(c3ccc(-c4ccc(C#N)cc4)cc3)c3ccc(-c4ccc(-c5ccc(C67CC8CC(CC(C8)C6)C7)cc5)cc4)cc3)cc21. The number of nitrogens with zero attached hydrogens (tertiary/aromatic N) is 2. The summed E-state index contributed by atoms with van der Waals surface area (Å²) in [7, 11) is 0. The molecule has 7 aromatic carbocycles. The van der Waals surface area contributed by atoms with E-state index in [4.69, 9.17) is 0 Å². The molecule has 2 nitrogen and oxygen atoms in total. The molecule has 0 aromatic heterocycles. The van der Waals surface area contributed by atoms with Gasteiger partial charge in [0.2, 0.25) is 0 Å². The highest BCUT2D eigenvalue weighted by Gasteiger charge is 2.51. The largest absolute Gasteiger partial charge is 0.310 e. The Labute approximate surface area is 343 Å². The second-order valence-electron chi connectivity index (χ2n) is 18.4. The third-order valence-electron chi connectivity index (χ3n) is 14.5. The Bertz CT molecular complexity index is 2660. The first-order valence-electron chi connectivity index (χ1n) is 21.3. The van der Waals surface area contributed by atoms with Gasteiger partial charge in [0, 0.05) is 22.5 Å². The van der Waals surface area contributed by atoms with Gasteiger partial charge in [-0.2, -0.15) is 5.26 Å². The average Bonchev–Trinajstić information content (AvgIpc) is 3.49. The molecule has 12 rings (SSSR count). The van der Waals surface area contributed by atoms with Crippen molar-refractivity contribution in [2.75, 3.05) is 4.90 Å². The lowest BCUT2D eigenvalue weighted by Crippen LogP contribution is -2.48. The van der Waals surface area contributed by atoms with Crippen LogP contribution in [0.25, 0.3) is 44.5 Å². The third-order valence-corrected chi connectivity index (χ3v) is 14.5. The van der Waals surface area contributed by atoms with Crippen molar-refractivity contribution >= 4 is 17.1 Å². The van der Waals surface area contributed by atoms with Gasteiger partial charge in [0.25, 0.3) is 0 Å². The van der Waals surface area contributed by atoms with Crippen LogP contribution < -0.4 is 4.90 Å². The minimum atomic E-state index is -0.0977. The number of nitriles is 1. The van der Waals surface area contributed by atoms with Gasteiger partial charge in [-0.1, -0.05) is 129 Å². The van der Waals surface area contributed by atoms with E-state index in [-0.39, 0.29) is 5.41 Å². The van der Waals surface area contributed by atoms with Crippen LogP contribution >= 0.6 is 0 Å². The van der Waals surface area contributed by atoms with E-state index in [9.17, 15) is 5.26 Å². The van der Waals surface area contributed by atoms with Crippen LogP contribution in [-0.2, 0) is 10.8 Å². The standard InChI is InChI=1S/C56H48N2/c1-55(2)53-6-4-3-5-51(53)52-28-27-50(32-54(52)55)58(48-23-17-45(18-24-48)41-9-7-37(36-57)8-10-41)49-25-19-46(20-26-49)43-13-11-42(12-14-43)44-15-21-47(22-16-44)56-33-38-29-39(34-56)31-40(30-38)35-56/h3-28,32,38-40H,29-31,33-35H2,1-2H3. The molecule has 58 heavy (non-hydrogen) atoms. The molecule has 0 unspecified atom stereocenters. The summed E-state index contributed by atoms with van der Waals surface area (Å²) in [4.78, 5) is 2.38. The van der Waals surface area contributed by atoms with Crippen molar-refractivity contribution in [2.45, 2.75) is 63.2 Å². The molecule has 0 amide bonds. The first kappa shape index (κ1) is 35.0. The van der Waals surface area contributed by atoms with Gasteiger partial charge in [0.15, 0.2) is 0 Å². The van der Waals surface area contributed by atoms with E-state index >= 15 is 0 Å².